The summed E-state index contributed by atoms with van der Waals surface area (Å²) in [6.45, 7) is 0. The molecule has 0 spiro atoms. The number of methoxy groups -OCH3 is 1. The van der Waals surface area contributed by atoms with Crippen molar-refractivity contribution in [2.75, 3.05) is 7.11 Å². The van der Waals surface area contributed by atoms with Crippen LogP contribution in [0.2, 0.25) is 0 Å². The van der Waals surface area contributed by atoms with Crippen LogP contribution in [0.1, 0.15) is 20.8 Å². The molecule has 1 heterocycles. The highest BCUT2D eigenvalue weighted by atomic mass is 32.1. The fourth-order valence-electron chi connectivity index (χ4n) is 2.39. The van der Waals surface area contributed by atoms with E-state index in [0.717, 1.165) is 5.56 Å². The molecule has 6 nitrogen and oxygen atoms in total. The van der Waals surface area contributed by atoms with Crippen molar-refractivity contribution in [3.8, 4) is 11.5 Å². The SMILES string of the molecule is COc1cc(C=NNC(=O)Cc2ccccc2)ccc1OC(=O)c1cccs1. The summed E-state index contributed by atoms with van der Waals surface area (Å²) >= 11 is 1.30. The molecule has 3 rings (SSSR count). The van der Waals surface area contributed by atoms with Gasteiger partial charge in [-0.2, -0.15) is 5.10 Å². The van der Waals surface area contributed by atoms with Gasteiger partial charge in [-0.3, -0.25) is 4.79 Å². The molecule has 2 aromatic carbocycles. The summed E-state index contributed by atoms with van der Waals surface area (Å²) in [4.78, 5) is 24.5. The van der Waals surface area contributed by atoms with E-state index in [2.05, 4.69) is 10.5 Å². The largest absolute Gasteiger partial charge is 0.493 e. The predicted molar refractivity (Wildman–Crippen MR) is 108 cm³/mol. The molecule has 0 radical (unpaired) electrons. The first-order chi connectivity index (χ1) is 13.7. The number of thiophene rings is 1. The molecule has 0 saturated heterocycles. The van der Waals surface area contributed by atoms with Gasteiger partial charge in [0.2, 0.25) is 5.91 Å². The monoisotopic (exact) mass is 394 g/mol. The average Bonchev–Trinajstić information content (AvgIpc) is 3.25. The highest BCUT2D eigenvalue weighted by Crippen LogP contribution is 2.28. The molecule has 0 aliphatic heterocycles. The van der Waals surface area contributed by atoms with E-state index in [1.807, 2.05) is 30.3 Å². The Morgan fingerprint density at radius 3 is 2.61 bits per heavy atom. The Labute approximate surface area is 166 Å². The van der Waals surface area contributed by atoms with Crippen molar-refractivity contribution in [2.24, 2.45) is 5.10 Å². The molecule has 0 bridgehead atoms. The van der Waals surface area contributed by atoms with E-state index in [-0.39, 0.29) is 12.3 Å². The molecule has 0 aliphatic rings. The highest BCUT2D eigenvalue weighted by molar-refractivity contribution is 7.12. The first-order valence-corrected chi connectivity index (χ1v) is 9.33. The zero-order valence-corrected chi connectivity index (χ0v) is 15.9. The van der Waals surface area contributed by atoms with E-state index in [0.29, 0.717) is 21.9 Å². The number of ether oxygens (including phenoxy) is 2. The van der Waals surface area contributed by atoms with Gasteiger partial charge in [-0.05, 0) is 40.8 Å². The van der Waals surface area contributed by atoms with E-state index in [1.54, 1.807) is 35.7 Å². The van der Waals surface area contributed by atoms with E-state index >= 15 is 0 Å². The number of benzene rings is 2. The molecule has 7 heteroatoms. The Morgan fingerprint density at radius 1 is 1.07 bits per heavy atom. The van der Waals surface area contributed by atoms with Crippen LogP contribution in [0.5, 0.6) is 11.5 Å². The average molecular weight is 394 g/mol. The van der Waals surface area contributed by atoms with Crippen molar-refractivity contribution >= 4 is 29.4 Å². The molecule has 1 aromatic heterocycles. The summed E-state index contributed by atoms with van der Waals surface area (Å²) in [5.74, 6) is 0.0504. The number of amides is 1. The van der Waals surface area contributed by atoms with Crippen LogP contribution in [0.25, 0.3) is 0 Å². The van der Waals surface area contributed by atoms with Gasteiger partial charge in [0.1, 0.15) is 4.88 Å². The predicted octanol–water partition coefficient (Wildman–Crippen LogP) is 3.67. The zero-order chi connectivity index (χ0) is 19.8. The number of carbonyl (C=O) groups is 2. The molecule has 0 unspecified atom stereocenters. The van der Waals surface area contributed by atoms with Gasteiger partial charge in [0.05, 0.1) is 19.7 Å². The minimum atomic E-state index is -0.442. The standard InChI is InChI=1S/C21H18N2O4S/c1-26-18-12-16(9-10-17(18)27-21(25)19-8-5-11-28-19)14-22-23-20(24)13-15-6-3-2-4-7-15/h2-12,14H,13H2,1H3,(H,23,24). The van der Waals surface area contributed by atoms with Gasteiger partial charge in [-0.1, -0.05) is 36.4 Å². The topological polar surface area (TPSA) is 77.0 Å². The number of hydrogen-bond acceptors (Lipinski definition) is 6. The smallest absolute Gasteiger partial charge is 0.353 e. The first-order valence-electron chi connectivity index (χ1n) is 8.45. The maximum Gasteiger partial charge on any atom is 0.353 e. The number of hydrogen-bond donors (Lipinski definition) is 1. The maximum atomic E-state index is 12.1. The summed E-state index contributed by atoms with van der Waals surface area (Å²) in [5, 5.41) is 5.76. The lowest BCUT2D eigenvalue weighted by Gasteiger charge is -2.09. The van der Waals surface area contributed by atoms with Crippen molar-refractivity contribution in [3.63, 3.8) is 0 Å². The van der Waals surface area contributed by atoms with Gasteiger partial charge in [0, 0.05) is 0 Å². The third-order valence-corrected chi connectivity index (χ3v) is 4.57. The summed E-state index contributed by atoms with van der Waals surface area (Å²) in [6, 6.07) is 17.9. The quantitative estimate of drug-likeness (QED) is 0.287. The summed E-state index contributed by atoms with van der Waals surface area (Å²) in [5.41, 5.74) is 4.09. The Hall–Kier alpha value is -3.45. The van der Waals surface area contributed by atoms with Crippen LogP contribution < -0.4 is 14.9 Å². The van der Waals surface area contributed by atoms with Crippen LogP contribution in [0.4, 0.5) is 0 Å². The summed E-state index contributed by atoms with van der Waals surface area (Å²) < 4.78 is 10.7. The van der Waals surface area contributed by atoms with Gasteiger partial charge < -0.3 is 9.47 Å². The zero-order valence-electron chi connectivity index (χ0n) is 15.1. The van der Waals surface area contributed by atoms with Crippen LogP contribution in [-0.4, -0.2) is 25.2 Å². The molecule has 28 heavy (non-hydrogen) atoms. The van der Waals surface area contributed by atoms with Crippen molar-refractivity contribution in [2.45, 2.75) is 6.42 Å². The number of nitrogens with zero attached hydrogens (tertiary/aromatic N) is 1. The van der Waals surface area contributed by atoms with Crippen molar-refractivity contribution in [3.05, 3.63) is 82.0 Å². The lowest BCUT2D eigenvalue weighted by molar-refractivity contribution is -0.120. The van der Waals surface area contributed by atoms with Crippen molar-refractivity contribution in [1.29, 1.82) is 0 Å². The molecule has 0 saturated carbocycles. The number of rotatable bonds is 7. The summed E-state index contributed by atoms with van der Waals surface area (Å²) in [6.07, 6.45) is 1.75. The Morgan fingerprint density at radius 2 is 1.89 bits per heavy atom. The molecule has 1 amide bonds. The molecule has 142 valence electrons. The Bertz CT molecular complexity index is 969. The van der Waals surface area contributed by atoms with E-state index < -0.39 is 5.97 Å². The lowest BCUT2D eigenvalue weighted by atomic mass is 10.1. The van der Waals surface area contributed by atoms with E-state index in [4.69, 9.17) is 9.47 Å². The third kappa shape index (κ3) is 5.28. The van der Waals surface area contributed by atoms with Crippen LogP contribution in [-0.2, 0) is 11.2 Å². The molecular formula is C21H18N2O4S. The van der Waals surface area contributed by atoms with Crippen molar-refractivity contribution < 1.29 is 19.1 Å². The number of esters is 1. The number of hydrazone groups is 1. The van der Waals surface area contributed by atoms with Crippen LogP contribution in [0.15, 0.2) is 71.1 Å². The molecule has 3 aromatic rings. The maximum absolute atomic E-state index is 12.1. The number of nitrogens with one attached hydrogen (secondary N) is 1. The summed E-state index contributed by atoms with van der Waals surface area (Å²) in [7, 11) is 1.49. The van der Waals surface area contributed by atoms with Crippen molar-refractivity contribution in [1.82, 2.24) is 5.43 Å². The minimum Gasteiger partial charge on any atom is -0.493 e. The molecule has 0 atom stereocenters. The van der Waals surface area contributed by atoms with Gasteiger partial charge in [0.15, 0.2) is 11.5 Å². The van der Waals surface area contributed by atoms with Gasteiger partial charge in [-0.15, -0.1) is 11.3 Å². The Kier molecular flexibility index (Phi) is 6.54. The second-order valence-electron chi connectivity index (χ2n) is 5.73. The Balaban J connectivity index is 1.60. The molecule has 1 N–H and O–H groups in total. The van der Waals surface area contributed by atoms with Crippen LogP contribution >= 0.6 is 11.3 Å². The van der Waals surface area contributed by atoms with E-state index in [9.17, 15) is 9.59 Å². The second-order valence-corrected chi connectivity index (χ2v) is 6.68. The molecule has 0 fully saturated rings. The normalized spacial score (nSPS) is 10.6. The van der Waals surface area contributed by atoms with Crippen LogP contribution in [0.3, 0.4) is 0 Å². The molecule has 0 aliphatic carbocycles. The third-order valence-electron chi connectivity index (χ3n) is 3.72. The number of carbonyl (C=O) groups excluding carboxylic acids is 2. The first kappa shape index (κ1) is 19.3. The fraction of sp³-hybridized carbons (Fsp3) is 0.0952. The van der Waals surface area contributed by atoms with Gasteiger partial charge in [0.25, 0.3) is 0 Å². The molecular weight excluding hydrogens is 376 g/mol. The van der Waals surface area contributed by atoms with Gasteiger partial charge >= 0.3 is 5.97 Å². The fourth-order valence-corrected chi connectivity index (χ4v) is 2.99. The van der Waals surface area contributed by atoms with E-state index in [1.165, 1.54) is 24.7 Å². The highest BCUT2D eigenvalue weighted by Gasteiger charge is 2.13. The minimum absolute atomic E-state index is 0.212. The van der Waals surface area contributed by atoms with Gasteiger partial charge in [-0.25, -0.2) is 10.2 Å². The lowest BCUT2D eigenvalue weighted by Crippen LogP contribution is -2.19. The second kappa shape index (κ2) is 9.48. The van der Waals surface area contributed by atoms with Crippen LogP contribution in [0, 0.1) is 0 Å².